The maximum Gasteiger partial charge on any atom is 0.241 e. The normalized spacial score (nSPS) is 12.9. The van der Waals surface area contributed by atoms with E-state index in [1.807, 2.05) is 88.4 Å². The number of hydrogen-bond acceptors (Lipinski definition) is 3. The molecule has 4 aromatic carbocycles. The van der Waals surface area contributed by atoms with Crippen LogP contribution in [0.15, 0.2) is 102 Å². The van der Waals surface area contributed by atoms with Gasteiger partial charge in [-0.05, 0) is 64.0 Å². The molecule has 0 aliphatic heterocycles. The van der Waals surface area contributed by atoms with Gasteiger partial charge in [-0.15, -0.1) is 0 Å². The topological polar surface area (TPSA) is 72.2 Å². The molecule has 4 aromatic rings. The van der Waals surface area contributed by atoms with Crippen LogP contribution in [0.5, 0.6) is 0 Å². The number of benzene rings is 4. The molecule has 0 radical (unpaired) electrons. The van der Waals surface area contributed by atoms with Crippen LogP contribution >= 0.6 is 0 Å². The molecule has 2 atom stereocenters. The second kappa shape index (κ2) is 17.3. The van der Waals surface area contributed by atoms with Crippen molar-refractivity contribution in [2.45, 2.75) is 103 Å². The summed E-state index contributed by atoms with van der Waals surface area (Å²) in [6.07, 6.45) is 0. The fourth-order valence-electron chi connectivity index (χ4n) is 5.25. The Morgan fingerprint density at radius 3 is 1.38 bits per heavy atom. The molecule has 4 nitrogen and oxygen atoms in total. The molecular weight excluding hydrogens is 662 g/mol. The summed E-state index contributed by atoms with van der Waals surface area (Å²) in [4.78, 5) is 0.392. The SMILES string of the molecule is CC(C)c1cc(C(C)C)c(S(=O)(=O)N[C@@H](c2ccccc2)[C@@H](N)c2ccccc2)c(C(C)C)c1.Cc1ccc(C(C)C)cc1.[Ru]. The molecule has 0 amide bonds. The average molecular weight is 714 g/mol. The van der Waals surface area contributed by atoms with Crippen molar-refractivity contribution < 1.29 is 27.9 Å². The van der Waals surface area contributed by atoms with Crippen molar-refractivity contribution in [2.24, 2.45) is 5.73 Å². The Balaban J connectivity index is 0.000000546. The van der Waals surface area contributed by atoms with Gasteiger partial charge >= 0.3 is 0 Å². The van der Waals surface area contributed by atoms with Gasteiger partial charge in [-0.2, -0.15) is 0 Å². The summed E-state index contributed by atoms with van der Waals surface area (Å²) in [5, 5.41) is 0. The summed E-state index contributed by atoms with van der Waals surface area (Å²) >= 11 is 0. The molecule has 3 N–H and O–H groups in total. The van der Waals surface area contributed by atoms with Gasteiger partial charge in [-0.1, -0.05) is 158 Å². The number of aryl methyl sites for hydroxylation is 1. The van der Waals surface area contributed by atoms with Gasteiger partial charge in [0.25, 0.3) is 0 Å². The van der Waals surface area contributed by atoms with Crippen LogP contribution in [0.3, 0.4) is 0 Å². The zero-order chi connectivity index (χ0) is 32.6. The minimum atomic E-state index is -3.88. The molecule has 244 valence electrons. The monoisotopic (exact) mass is 714 g/mol. The Hall–Kier alpha value is -2.63. The molecule has 0 aliphatic carbocycles. The fourth-order valence-corrected chi connectivity index (χ4v) is 7.20. The van der Waals surface area contributed by atoms with Crippen molar-refractivity contribution in [3.8, 4) is 0 Å². The molecule has 0 saturated heterocycles. The smallest absolute Gasteiger partial charge is 0.241 e. The van der Waals surface area contributed by atoms with Crippen LogP contribution in [-0.4, -0.2) is 8.42 Å². The molecule has 0 aliphatic rings. The van der Waals surface area contributed by atoms with E-state index in [1.54, 1.807) is 0 Å². The van der Waals surface area contributed by atoms with E-state index in [9.17, 15) is 8.42 Å². The van der Waals surface area contributed by atoms with E-state index in [0.717, 1.165) is 27.8 Å². The number of nitrogens with two attached hydrogens (primary N) is 1. The Bertz CT molecular complexity index is 1540. The molecule has 0 spiro atoms. The van der Waals surface area contributed by atoms with Crippen LogP contribution in [0.4, 0.5) is 0 Å². The number of rotatable bonds is 10. The Morgan fingerprint density at radius 1 is 0.556 bits per heavy atom. The number of hydrogen-bond donors (Lipinski definition) is 2. The van der Waals surface area contributed by atoms with Crippen LogP contribution in [0, 0.1) is 6.92 Å². The minimum Gasteiger partial charge on any atom is -0.322 e. The quantitative estimate of drug-likeness (QED) is 0.161. The van der Waals surface area contributed by atoms with Gasteiger partial charge in [0.15, 0.2) is 0 Å². The zero-order valence-electron chi connectivity index (χ0n) is 28.4. The van der Waals surface area contributed by atoms with Gasteiger partial charge in [0, 0.05) is 19.5 Å². The standard InChI is InChI=1S/C29H38N2O2S.C10H14.Ru/c1-19(2)24-17-25(20(3)4)29(26(18-24)21(5)6)34(32,33)31-28(23-15-11-8-12-16-23)27(30)22-13-9-7-10-14-22;1-8(2)10-6-4-9(3)5-7-10;/h7-21,27-28,31H,30H2,1-6H3;4-8H,1-3H3;/t27-,28-;;/m0../s1. The fraction of sp³-hybridized carbons (Fsp3) is 0.385. The second-order valence-electron chi connectivity index (χ2n) is 13.0. The first-order valence-corrected chi connectivity index (χ1v) is 17.3. The maximum atomic E-state index is 14.1. The third-order valence-electron chi connectivity index (χ3n) is 8.08. The largest absolute Gasteiger partial charge is 0.322 e. The van der Waals surface area contributed by atoms with Gasteiger partial charge in [0.1, 0.15) is 0 Å². The summed E-state index contributed by atoms with van der Waals surface area (Å²) in [6.45, 7) is 19.0. The van der Waals surface area contributed by atoms with E-state index in [-0.39, 0.29) is 31.3 Å². The first-order chi connectivity index (χ1) is 20.7. The van der Waals surface area contributed by atoms with E-state index in [1.165, 1.54) is 11.1 Å². The van der Waals surface area contributed by atoms with Gasteiger partial charge in [0.2, 0.25) is 10.0 Å². The summed E-state index contributed by atoms with van der Waals surface area (Å²) in [5.41, 5.74) is 14.0. The number of sulfonamides is 1. The van der Waals surface area contributed by atoms with Crippen LogP contribution in [0.2, 0.25) is 0 Å². The maximum absolute atomic E-state index is 14.1. The van der Waals surface area contributed by atoms with Gasteiger partial charge in [-0.3, -0.25) is 0 Å². The summed E-state index contributed by atoms with van der Waals surface area (Å²) in [5.74, 6) is 1.07. The van der Waals surface area contributed by atoms with Gasteiger partial charge < -0.3 is 5.73 Å². The molecule has 0 saturated carbocycles. The second-order valence-corrected chi connectivity index (χ2v) is 14.7. The van der Waals surface area contributed by atoms with Gasteiger partial charge in [0.05, 0.1) is 17.0 Å². The van der Waals surface area contributed by atoms with Crippen molar-refractivity contribution in [3.05, 3.63) is 136 Å². The summed E-state index contributed by atoms with van der Waals surface area (Å²) in [6, 6.07) is 30.9. The van der Waals surface area contributed by atoms with E-state index in [0.29, 0.717) is 16.7 Å². The van der Waals surface area contributed by atoms with Crippen LogP contribution in [0.1, 0.15) is 130 Å². The summed E-state index contributed by atoms with van der Waals surface area (Å²) < 4.78 is 31.2. The van der Waals surface area contributed by atoms with E-state index in [4.69, 9.17) is 5.73 Å². The Labute approximate surface area is 286 Å². The minimum absolute atomic E-state index is 0. The first-order valence-electron chi connectivity index (χ1n) is 15.8. The summed E-state index contributed by atoms with van der Waals surface area (Å²) in [7, 11) is -3.88. The van der Waals surface area contributed by atoms with Gasteiger partial charge in [-0.25, -0.2) is 13.1 Å². The van der Waals surface area contributed by atoms with Crippen molar-refractivity contribution in [1.29, 1.82) is 0 Å². The molecule has 0 aromatic heterocycles. The average Bonchev–Trinajstić information content (AvgIpc) is 3.00. The van der Waals surface area contributed by atoms with Crippen molar-refractivity contribution in [3.63, 3.8) is 0 Å². The number of nitrogens with one attached hydrogen (secondary N) is 1. The molecule has 0 bridgehead atoms. The van der Waals surface area contributed by atoms with E-state index in [2.05, 4.69) is 75.7 Å². The third-order valence-corrected chi connectivity index (χ3v) is 9.65. The molecule has 0 fully saturated rings. The Kier molecular flexibility index (Phi) is 14.9. The first kappa shape index (κ1) is 38.6. The van der Waals surface area contributed by atoms with Crippen LogP contribution in [0.25, 0.3) is 0 Å². The Morgan fingerprint density at radius 2 is 0.978 bits per heavy atom. The molecular formula is C39H52N2O2RuS. The molecule has 45 heavy (non-hydrogen) atoms. The molecule has 4 rings (SSSR count). The zero-order valence-corrected chi connectivity index (χ0v) is 30.9. The third kappa shape index (κ3) is 10.4. The van der Waals surface area contributed by atoms with Crippen LogP contribution in [-0.2, 0) is 29.5 Å². The predicted molar refractivity (Wildman–Crippen MR) is 187 cm³/mol. The van der Waals surface area contributed by atoms with Crippen molar-refractivity contribution in [1.82, 2.24) is 4.72 Å². The van der Waals surface area contributed by atoms with Crippen molar-refractivity contribution in [2.75, 3.05) is 0 Å². The van der Waals surface area contributed by atoms with E-state index >= 15 is 0 Å². The predicted octanol–water partition coefficient (Wildman–Crippen LogP) is 9.89. The molecule has 6 heteroatoms. The van der Waals surface area contributed by atoms with E-state index < -0.39 is 22.1 Å². The molecule has 0 heterocycles. The van der Waals surface area contributed by atoms with Crippen molar-refractivity contribution >= 4 is 10.0 Å². The molecule has 0 unspecified atom stereocenters. The van der Waals surface area contributed by atoms with Crippen LogP contribution < -0.4 is 10.5 Å².